The third-order valence-corrected chi connectivity index (χ3v) is 1.71. The highest BCUT2D eigenvalue weighted by Crippen LogP contribution is 2.17. The molecule has 0 aromatic carbocycles. The highest BCUT2D eigenvalue weighted by atomic mass is 16.7. The van der Waals surface area contributed by atoms with Crippen LogP contribution in [0.25, 0.3) is 0 Å². The number of rotatable bonds is 2. The minimum absolute atomic E-state index is 0.218. The van der Waals surface area contributed by atoms with E-state index in [1.165, 1.54) is 6.92 Å². The monoisotopic (exact) mass is 216 g/mol. The lowest BCUT2D eigenvalue weighted by molar-refractivity contribution is -0.755. The molecule has 15 heavy (non-hydrogen) atoms. The van der Waals surface area contributed by atoms with Crippen LogP contribution in [-0.2, 0) is 9.59 Å². The molecule has 0 unspecified atom stereocenters. The zero-order chi connectivity index (χ0) is 11.8. The average molecular weight is 216 g/mol. The summed E-state index contributed by atoms with van der Waals surface area (Å²) in [4.78, 5) is 43.0. The summed E-state index contributed by atoms with van der Waals surface area (Å²) in [7, 11) is 0. The maximum atomic E-state index is 11.1. The Morgan fingerprint density at radius 2 is 1.73 bits per heavy atom. The van der Waals surface area contributed by atoms with E-state index in [1.807, 2.05) is 0 Å². The SMILES string of the molecule is CC1=NC(=O)C([N+](=O)[O-])([N+](=O)[O-])C(=O)N1. The number of hydrogen-bond acceptors (Lipinski definition) is 6. The van der Waals surface area contributed by atoms with Gasteiger partial charge in [-0.05, 0) is 6.92 Å². The van der Waals surface area contributed by atoms with Crippen molar-refractivity contribution < 1.29 is 19.4 Å². The van der Waals surface area contributed by atoms with E-state index in [9.17, 15) is 29.8 Å². The fourth-order valence-corrected chi connectivity index (χ4v) is 0.995. The first-order valence-corrected chi connectivity index (χ1v) is 3.53. The number of nitrogens with zero attached hydrogens (tertiary/aromatic N) is 3. The first-order valence-electron chi connectivity index (χ1n) is 3.53. The molecular formula is C5H4N4O6. The Labute approximate surface area is 81.3 Å². The van der Waals surface area contributed by atoms with E-state index >= 15 is 0 Å². The largest absolute Gasteiger partial charge is 0.615 e. The van der Waals surface area contributed by atoms with Crippen molar-refractivity contribution >= 4 is 17.6 Å². The third kappa shape index (κ3) is 1.22. The van der Waals surface area contributed by atoms with Gasteiger partial charge in [0.25, 0.3) is 0 Å². The normalized spacial score (nSPS) is 19.1. The molecule has 0 atom stereocenters. The Balaban J connectivity index is 3.43. The summed E-state index contributed by atoms with van der Waals surface area (Å²) in [5.41, 5.74) is -3.56. The van der Waals surface area contributed by atoms with Gasteiger partial charge >= 0.3 is 17.5 Å². The maximum absolute atomic E-state index is 11.1. The van der Waals surface area contributed by atoms with Gasteiger partial charge in [0.1, 0.15) is 15.7 Å². The molecule has 0 saturated heterocycles. The zero-order valence-electron chi connectivity index (χ0n) is 7.29. The first-order chi connectivity index (χ1) is 6.83. The van der Waals surface area contributed by atoms with Crippen LogP contribution < -0.4 is 5.32 Å². The van der Waals surface area contributed by atoms with Crippen molar-refractivity contribution in [1.82, 2.24) is 5.32 Å². The molecule has 0 spiro atoms. The Bertz CT molecular complexity index is 398. The Kier molecular flexibility index (Phi) is 2.19. The van der Waals surface area contributed by atoms with Crippen molar-refractivity contribution in [1.29, 1.82) is 0 Å². The summed E-state index contributed by atoms with van der Waals surface area (Å²) >= 11 is 0. The van der Waals surface area contributed by atoms with Crippen LogP contribution in [0.4, 0.5) is 0 Å². The van der Waals surface area contributed by atoms with Crippen LogP contribution in [0.15, 0.2) is 4.99 Å². The van der Waals surface area contributed by atoms with Crippen molar-refractivity contribution in [2.45, 2.75) is 12.6 Å². The van der Waals surface area contributed by atoms with E-state index in [-0.39, 0.29) is 5.84 Å². The molecule has 10 heteroatoms. The van der Waals surface area contributed by atoms with Crippen LogP contribution in [0.2, 0.25) is 0 Å². The minimum Gasteiger partial charge on any atom is -0.301 e. The number of amides is 2. The number of nitrogens with one attached hydrogen (secondary N) is 1. The number of carbonyl (C=O) groups excluding carboxylic acids is 2. The Morgan fingerprint density at radius 1 is 1.27 bits per heavy atom. The molecule has 1 N–H and O–H groups in total. The van der Waals surface area contributed by atoms with Crippen LogP contribution in [0.5, 0.6) is 0 Å². The Hall–Kier alpha value is -2.39. The maximum Gasteiger partial charge on any atom is 0.615 e. The summed E-state index contributed by atoms with van der Waals surface area (Å²) in [5.74, 6) is -3.54. The van der Waals surface area contributed by atoms with Crippen molar-refractivity contribution in [3.8, 4) is 0 Å². The average Bonchev–Trinajstić information content (AvgIpc) is 2.00. The predicted molar refractivity (Wildman–Crippen MR) is 43.0 cm³/mol. The molecule has 2 amide bonds. The van der Waals surface area contributed by atoms with Gasteiger partial charge < -0.3 is 5.32 Å². The summed E-state index contributed by atoms with van der Waals surface area (Å²) in [6, 6.07) is 0. The highest BCUT2D eigenvalue weighted by Gasteiger charge is 2.73. The van der Waals surface area contributed by atoms with Crippen molar-refractivity contribution in [3.63, 3.8) is 0 Å². The van der Waals surface area contributed by atoms with Gasteiger partial charge in [-0.15, -0.1) is 0 Å². The molecule has 0 fully saturated rings. The van der Waals surface area contributed by atoms with E-state index in [1.54, 1.807) is 5.32 Å². The number of aliphatic imine (C=N–C) groups is 1. The van der Waals surface area contributed by atoms with Gasteiger partial charge in [-0.3, -0.25) is 29.8 Å². The zero-order valence-corrected chi connectivity index (χ0v) is 7.29. The fraction of sp³-hybridized carbons (Fsp3) is 0.400. The van der Waals surface area contributed by atoms with Crippen LogP contribution in [0.1, 0.15) is 6.92 Å². The molecule has 80 valence electrons. The third-order valence-electron chi connectivity index (χ3n) is 1.71. The molecule has 0 aliphatic carbocycles. The molecular weight excluding hydrogens is 212 g/mol. The second kappa shape index (κ2) is 3.08. The van der Waals surface area contributed by atoms with E-state index in [0.29, 0.717) is 0 Å². The van der Waals surface area contributed by atoms with Gasteiger partial charge in [-0.2, -0.15) is 4.99 Å². The van der Waals surface area contributed by atoms with Gasteiger partial charge in [0.2, 0.25) is 0 Å². The van der Waals surface area contributed by atoms with Crippen molar-refractivity contribution in [3.05, 3.63) is 20.2 Å². The fourth-order valence-electron chi connectivity index (χ4n) is 0.995. The summed E-state index contributed by atoms with van der Waals surface area (Å²) in [5, 5.41) is 22.7. The molecule has 10 nitrogen and oxygen atoms in total. The molecule has 0 aromatic rings. The first kappa shape index (κ1) is 10.7. The number of carbonyl (C=O) groups is 2. The molecule has 0 radical (unpaired) electrons. The lowest BCUT2D eigenvalue weighted by Gasteiger charge is -2.16. The highest BCUT2D eigenvalue weighted by molar-refractivity contribution is 6.19. The standard InChI is InChI=1S/C5H4N4O6/c1-2-6-3(10)5(8(12)13,9(14)15)4(11)7-2/h1H3,(H,6,7,10,11). The quantitative estimate of drug-likeness (QED) is 0.252. The van der Waals surface area contributed by atoms with Gasteiger partial charge in [0.05, 0.1) is 0 Å². The molecule has 0 saturated carbocycles. The predicted octanol–water partition coefficient (Wildman–Crippen LogP) is -1.69. The van der Waals surface area contributed by atoms with E-state index < -0.39 is 27.3 Å². The van der Waals surface area contributed by atoms with Crippen molar-refractivity contribution in [2.75, 3.05) is 0 Å². The minimum atomic E-state index is -3.56. The lowest BCUT2D eigenvalue weighted by atomic mass is 10.1. The van der Waals surface area contributed by atoms with Crippen LogP contribution in [-0.4, -0.2) is 33.2 Å². The summed E-state index contributed by atoms with van der Waals surface area (Å²) in [6.07, 6.45) is 0. The van der Waals surface area contributed by atoms with E-state index in [4.69, 9.17) is 0 Å². The molecule has 1 rings (SSSR count). The van der Waals surface area contributed by atoms with Crippen LogP contribution >= 0.6 is 0 Å². The molecule has 1 aliphatic heterocycles. The van der Waals surface area contributed by atoms with Gasteiger partial charge in [-0.25, -0.2) is 0 Å². The number of hydrogen-bond donors (Lipinski definition) is 1. The topological polar surface area (TPSA) is 145 Å². The van der Waals surface area contributed by atoms with Crippen LogP contribution in [0.3, 0.4) is 0 Å². The smallest absolute Gasteiger partial charge is 0.301 e. The van der Waals surface area contributed by atoms with Crippen molar-refractivity contribution in [2.24, 2.45) is 4.99 Å². The van der Waals surface area contributed by atoms with Gasteiger partial charge in [0, 0.05) is 0 Å². The second-order valence-corrected chi connectivity index (χ2v) is 2.64. The Morgan fingerprint density at radius 3 is 2.07 bits per heavy atom. The molecule has 0 aromatic heterocycles. The molecule has 0 bridgehead atoms. The summed E-state index contributed by atoms with van der Waals surface area (Å²) < 4.78 is 0. The van der Waals surface area contributed by atoms with Gasteiger partial charge in [0.15, 0.2) is 0 Å². The molecule has 1 heterocycles. The molecule has 1 aliphatic rings. The van der Waals surface area contributed by atoms with E-state index in [2.05, 4.69) is 4.99 Å². The number of amidine groups is 1. The summed E-state index contributed by atoms with van der Waals surface area (Å²) in [6.45, 7) is 1.18. The lowest BCUT2D eigenvalue weighted by Crippen LogP contribution is -2.66. The van der Waals surface area contributed by atoms with Gasteiger partial charge in [-0.1, -0.05) is 0 Å². The van der Waals surface area contributed by atoms with Crippen LogP contribution in [0, 0.1) is 20.2 Å². The number of nitro groups is 2. The van der Waals surface area contributed by atoms with E-state index in [0.717, 1.165) is 0 Å². The second-order valence-electron chi connectivity index (χ2n) is 2.64.